The van der Waals surface area contributed by atoms with Gasteiger partial charge in [0.2, 0.25) is 5.91 Å². The second-order valence-corrected chi connectivity index (χ2v) is 6.60. The summed E-state index contributed by atoms with van der Waals surface area (Å²) in [7, 11) is 0. The van der Waals surface area contributed by atoms with Crippen molar-refractivity contribution in [3.8, 4) is 0 Å². The molecule has 0 fully saturated rings. The first-order valence-corrected chi connectivity index (χ1v) is 8.78. The zero-order valence-corrected chi connectivity index (χ0v) is 14.1. The highest BCUT2D eigenvalue weighted by atomic mass is 32.1. The largest absolute Gasteiger partial charge is 0.340 e. The van der Waals surface area contributed by atoms with Gasteiger partial charge in [0.25, 0.3) is 0 Å². The van der Waals surface area contributed by atoms with Crippen LogP contribution in [0.4, 0.5) is 16.5 Å². The number of carbonyl (C=O) groups is 2. The Morgan fingerprint density at radius 3 is 2.64 bits per heavy atom. The Morgan fingerprint density at radius 1 is 1.12 bits per heavy atom. The Kier molecular flexibility index (Phi) is 4.03. The van der Waals surface area contributed by atoms with Crippen LogP contribution in [0.15, 0.2) is 66.2 Å². The van der Waals surface area contributed by atoms with E-state index >= 15 is 0 Å². The first-order chi connectivity index (χ1) is 12.2. The number of benzene rings is 2. The zero-order valence-electron chi connectivity index (χ0n) is 13.3. The van der Waals surface area contributed by atoms with Crippen LogP contribution < -0.4 is 10.2 Å². The van der Waals surface area contributed by atoms with Crippen LogP contribution in [0.3, 0.4) is 0 Å². The molecule has 0 spiro atoms. The summed E-state index contributed by atoms with van der Waals surface area (Å²) in [6, 6.07) is 17.2. The Labute approximate surface area is 148 Å². The molecule has 1 atom stereocenters. The molecule has 1 aliphatic rings. The van der Waals surface area contributed by atoms with Crippen molar-refractivity contribution in [2.45, 2.75) is 0 Å². The van der Waals surface area contributed by atoms with E-state index in [2.05, 4.69) is 10.3 Å². The lowest BCUT2D eigenvalue weighted by Crippen LogP contribution is -2.42. The number of amides is 1. The van der Waals surface area contributed by atoms with Crippen molar-refractivity contribution < 1.29 is 9.59 Å². The van der Waals surface area contributed by atoms with Crippen LogP contribution >= 0.6 is 11.3 Å². The van der Waals surface area contributed by atoms with Crippen molar-refractivity contribution in [3.63, 3.8) is 0 Å². The SMILES string of the molecule is O=C(Nc1nccs1)C1CN(c2ccccc2)c2ccccc2C1=O. The number of Topliss-reactive ketones (excluding diaryl/α,β-unsaturated/α-hetero) is 1. The highest BCUT2D eigenvalue weighted by Gasteiger charge is 2.37. The van der Waals surface area contributed by atoms with Gasteiger partial charge in [-0.15, -0.1) is 11.3 Å². The minimum absolute atomic E-state index is 0.156. The number of carbonyl (C=O) groups excluding carboxylic acids is 2. The molecule has 4 rings (SSSR count). The molecular weight excluding hydrogens is 334 g/mol. The smallest absolute Gasteiger partial charge is 0.238 e. The summed E-state index contributed by atoms with van der Waals surface area (Å²) >= 11 is 1.33. The van der Waals surface area contributed by atoms with Crippen LogP contribution in [0.1, 0.15) is 10.4 Å². The lowest BCUT2D eigenvalue weighted by atomic mass is 9.90. The fraction of sp³-hybridized carbons (Fsp3) is 0.105. The number of nitrogens with zero attached hydrogens (tertiary/aromatic N) is 2. The third-order valence-corrected chi connectivity index (χ3v) is 4.88. The van der Waals surface area contributed by atoms with Crippen LogP contribution in [0.25, 0.3) is 0 Å². The number of fused-ring (bicyclic) bond motifs is 1. The molecule has 1 unspecified atom stereocenters. The predicted octanol–water partition coefficient (Wildman–Crippen LogP) is 3.73. The van der Waals surface area contributed by atoms with E-state index in [9.17, 15) is 9.59 Å². The summed E-state index contributed by atoms with van der Waals surface area (Å²) in [4.78, 5) is 31.6. The Balaban J connectivity index is 1.71. The topological polar surface area (TPSA) is 62.3 Å². The number of hydrogen-bond acceptors (Lipinski definition) is 5. The minimum Gasteiger partial charge on any atom is -0.340 e. The van der Waals surface area contributed by atoms with Gasteiger partial charge in [0.1, 0.15) is 5.92 Å². The van der Waals surface area contributed by atoms with Gasteiger partial charge in [-0.3, -0.25) is 9.59 Å². The normalized spacial score (nSPS) is 16.4. The van der Waals surface area contributed by atoms with Crippen molar-refractivity contribution >= 4 is 39.5 Å². The Bertz CT molecular complexity index is 909. The van der Waals surface area contributed by atoms with Gasteiger partial charge in [0.05, 0.1) is 5.69 Å². The maximum Gasteiger partial charge on any atom is 0.238 e. The maximum absolute atomic E-state index is 12.9. The number of thiazole rings is 1. The first-order valence-electron chi connectivity index (χ1n) is 7.90. The van der Waals surface area contributed by atoms with E-state index in [1.807, 2.05) is 53.4 Å². The maximum atomic E-state index is 12.9. The van der Waals surface area contributed by atoms with Crippen LogP contribution in [0, 0.1) is 5.92 Å². The second kappa shape index (κ2) is 6.49. The molecule has 1 N–H and O–H groups in total. The van der Waals surface area contributed by atoms with E-state index in [0.29, 0.717) is 17.2 Å². The average molecular weight is 349 g/mol. The third-order valence-electron chi connectivity index (χ3n) is 4.19. The van der Waals surface area contributed by atoms with Crippen LogP contribution in [-0.4, -0.2) is 23.2 Å². The Morgan fingerprint density at radius 2 is 1.88 bits per heavy atom. The molecule has 1 aliphatic heterocycles. The molecule has 25 heavy (non-hydrogen) atoms. The minimum atomic E-state index is -0.779. The number of anilines is 3. The molecule has 3 aromatic rings. The van der Waals surface area contributed by atoms with E-state index in [-0.39, 0.29) is 11.7 Å². The first kappa shape index (κ1) is 15.5. The highest BCUT2D eigenvalue weighted by Crippen LogP contribution is 2.35. The molecule has 0 saturated heterocycles. The van der Waals surface area contributed by atoms with Crippen LogP contribution in [0.2, 0.25) is 0 Å². The van der Waals surface area contributed by atoms with Crippen LogP contribution in [0.5, 0.6) is 0 Å². The molecule has 2 heterocycles. The van der Waals surface area contributed by atoms with Gasteiger partial charge in [-0.25, -0.2) is 4.98 Å². The molecule has 5 nitrogen and oxygen atoms in total. The van der Waals surface area contributed by atoms with Gasteiger partial charge in [0, 0.05) is 29.4 Å². The number of hydrogen-bond donors (Lipinski definition) is 1. The Hall–Kier alpha value is -2.99. The van der Waals surface area contributed by atoms with Crippen molar-refractivity contribution in [2.75, 3.05) is 16.8 Å². The van der Waals surface area contributed by atoms with E-state index < -0.39 is 5.92 Å². The molecule has 0 aliphatic carbocycles. The summed E-state index contributed by atoms with van der Waals surface area (Å²) in [6.07, 6.45) is 1.62. The number of para-hydroxylation sites is 2. The van der Waals surface area contributed by atoms with Crippen molar-refractivity contribution in [1.29, 1.82) is 0 Å². The van der Waals surface area contributed by atoms with Gasteiger partial charge in [-0.05, 0) is 24.3 Å². The number of aromatic nitrogens is 1. The molecule has 0 radical (unpaired) electrons. The quantitative estimate of drug-likeness (QED) is 0.732. The number of ketones is 1. The molecule has 1 aromatic heterocycles. The summed E-state index contributed by atoms with van der Waals surface area (Å²) in [5.74, 6) is -1.26. The van der Waals surface area contributed by atoms with E-state index in [1.165, 1.54) is 11.3 Å². The third kappa shape index (κ3) is 2.92. The molecule has 2 aromatic carbocycles. The molecule has 6 heteroatoms. The van der Waals surface area contributed by atoms with Crippen molar-refractivity contribution in [2.24, 2.45) is 5.92 Å². The summed E-state index contributed by atoms with van der Waals surface area (Å²) in [6.45, 7) is 0.303. The van der Waals surface area contributed by atoms with Crippen molar-refractivity contribution in [3.05, 3.63) is 71.7 Å². The van der Waals surface area contributed by atoms with Gasteiger partial charge >= 0.3 is 0 Å². The summed E-state index contributed by atoms with van der Waals surface area (Å²) in [5, 5.41) is 5.03. The van der Waals surface area contributed by atoms with Gasteiger partial charge < -0.3 is 10.2 Å². The van der Waals surface area contributed by atoms with Gasteiger partial charge in [0.15, 0.2) is 10.9 Å². The fourth-order valence-electron chi connectivity index (χ4n) is 3.00. The fourth-order valence-corrected chi connectivity index (χ4v) is 3.53. The highest BCUT2D eigenvalue weighted by molar-refractivity contribution is 7.13. The molecule has 0 saturated carbocycles. The monoisotopic (exact) mass is 349 g/mol. The van der Waals surface area contributed by atoms with E-state index in [4.69, 9.17) is 0 Å². The zero-order chi connectivity index (χ0) is 17.2. The molecule has 124 valence electrons. The lowest BCUT2D eigenvalue weighted by Gasteiger charge is -2.34. The predicted molar refractivity (Wildman–Crippen MR) is 98.5 cm³/mol. The van der Waals surface area contributed by atoms with E-state index in [0.717, 1.165) is 11.4 Å². The van der Waals surface area contributed by atoms with Crippen molar-refractivity contribution in [1.82, 2.24) is 4.98 Å². The average Bonchev–Trinajstić information content (AvgIpc) is 3.16. The van der Waals surface area contributed by atoms with Crippen LogP contribution in [-0.2, 0) is 4.79 Å². The number of nitrogens with one attached hydrogen (secondary N) is 1. The van der Waals surface area contributed by atoms with Gasteiger partial charge in [-0.1, -0.05) is 30.3 Å². The summed E-state index contributed by atoms with van der Waals surface area (Å²) in [5.41, 5.74) is 2.35. The van der Waals surface area contributed by atoms with E-state index in [1.54, 1.807) is 17.6 Å². The molecular formula is C19H15N3O2S. The summed E-state index contributed by atoms with van der Waals surface area (Å²) < 4.78 is 0. The standard InChI is InChI=1S/C19H15N3O2S/c23-17-14-8-4-5-9-16(14)22(13-6-2-1-3-7-13)12-15(17)18(24)21-19-20-10-11-25-19/h1-11,15H,12H2,(H,20,21,24). The van der Waals surface area contributed by atoms with Gasteiger partial charge in [-0.2, -0.15) is 0 Å². The second-order valence-electron chi connectivity index (χ2n) is 5.71. The molecule has 0 bridgehead atoms. The number of rotatable bonds is 3. The lowest BCUT2D eigenvalue weighted by molar-refractivity contribution is -0.118. The molecule has 1 amide bonds.